The minimum atomic E-state index is -1.77. The maximum atomic E-state index is 13.3. The molecule has 3 atom stereocenters. The number of piperidine rings is 1. The van der Waals surface area contributed by atoms with Crippen molar-refractivity contribution in [2.45, 2.75) is 55.5 Å². The molecule has 0 aromatic heterocycles. The second kappa shape index (κ2) is 10.6. The Morgan fingerprint density at radius 2 is 1.70 bits per heavy atom. The molecule has 8 nitrogen and oxygen atoms in total. The van der Waals surface area contributed by atoms with Gasteiger partial charge in [-0.2, -0.15) is 0 Å². The molecule has 3 aliphatic rings. The van der Waals surface area contributed by atoms with E-state index in [1.165, 1.54) is 6.08 Å². The lowest BCUT2D eigenvalue weighted by Crippen LogP contribution is -2.48. The molecule has 0 bridgehead atoms. The molecule has 2 fully saturated rings. The average molecular weight is 542 g/mol. The number of carbonyl (C=O) groups is 4. The summed E-state index contributed by atoms with van der Waals surface area (Å²) in [5, 5.41) is 15.8. The van der Waals surface area contributed by atoms with Gasteiger partial charge in [-0.3, -0.25) is 14.4 Å². The maximum absolute atomic E-state index is 13.3. The van der Waals surface area contributed by atoms with Crippen molar-refractivity contribution in [3.05, 3.63) is 63.5 Å². The van der Waals surface area contributed by atoms with E-state index in [9.17, 15) is 24.3 Å². The zero-order chi connectivity index (χ0) is 26.1. The van der Waals surface area contributed by atoms with E-state index in [1.807, 2.05) is 0 Å². The molecular weight excluding hydrogens is 514 g/mol. The van der Waals surface area contributed by atoms with Gasteiger partial charge in [0.15, 0.2) is 0 Å². The predicted molar refractivity (Wildman–Crippen MR) is 144 cm³/mol. The van der Waals surface area contributed by atoms with Gasteiger partial charge in [-0.25, -0.2) is 4.79 Å². The number of hydrogen-bond acceptors (Lipinski definition) is 4. The van der Waals surface area contributed by atoms with Gasteiger partial charge in [-0.1, -0.05) is 17.7 Å². The maximum Gasteiger partial charge on any atom is 0.341 e. The lowest BCUT2D eigenvalue weighted by Gasteiger charge is -2.27. The number of halogens is 1. The number of amides is 3. The molecule has 1 saturated heterocycles. The zero-order valence-electron chi connectivity index (χ0n) is 20.1. The first-order valence-corrected chi connectivity index (χ1v) is 14.1. The number of carboxylic acid groups (broad SMARTS) is 1. The number of carbonyl (C=O) groups excluding carboxylic acids is 3. The van der Waals surface area contributed by atoms with Gasteiger partial charge >= 0.3 is 5.97 Å². The number of aliphatic carboxylic acids is 1. The SMILES string of the molecule is O=C(O)C1=Cc2ccc(Cl)cc2[SH]1C(=O)NC1CCCC1NC(=O)c1ccc(N2CCCCC2=O)cc1. The molecule has 2 aromatic carbocycles. The minimum absolute atomic E-state index is 0.0654. The fourth-order valence-electron chi connectivity index (χ4n) is 5.20. The van der Waals surface area contributed by atoms with Crippen LogP contribution in [-0.4, -0.2) is 46.8 Å². The van der Waals surface area contributed by atoms with Crippen LogP contribution in [0.3, 0.4) is 0 Å². The molecule has 0 radical (unpaired) electrons. The second-order valence-corrected chi connectivity index (χ2v) is 12.0. The highest BCUT2D eigenvalue weighted by Crippen LogP contribution is 2.53. The summed E-state index contributed by atoms with van der Waals surface area (Å²) in [4.78, 5) is 52.8. The summed E-state index contributed by atoms with van der Waals surface area (Å²) in [7, 11) is -1.77. The normalized spacial score (nSPS) is 23.8. The summed E-state index contributed by atoms with van der Waals surface area (Å²) in [5.41, 5.74) is 1.95. The van der Waals surface area contributed by atoms with E-state index in [0.717, 1.165) is 24.9 Å². The summed E-state index contributed by atoms with van der Waals surface area (Å²) in [5.74, 6) is -1.28. The van der Waals surface area contributed by atoms with Crippen molar-refractivity contribution in [2.24, 2.45) is 0 Å². The Hall–Kier alpha value is -3.30. The van der Waals surface area contributed by atoms with Gasteiger partial charge in [0.05, 0.1) is 4.91 Å². The summed E-state index contributed by atoms with van der Waals surface area (Å²) in [6.07, 6.45) is 6.17. The van der Waals surface area contributed by atoms with Crippen molar-refractivity contribution >= 4 is 57.3 Å². The molecule has 3 unspecified atom stereocenters. The summed E-state index contributed by atoms with van der Waals surface area (Å²) < 4.78 is 0. The monoisotopic (exact) mass is 541 g/mol. The van der Waals surface area contributed by atoms with E-state index in [2.05, 4.69) is 10.6 Å². The van der Waals surface area contributed by atoms with Crippen LogP contribution in [-0.2, 0) is 9.59 Å². The topological polar surface area (TPSA) is 116 Å². The lowest BCUT2D eigenvalue weighted by atomic mass is 10.1. The van der Waals surface area contributed by atoms with E-state index in [0.29, 0.717) is 46.9 Å². The predicted octanol–water partition coefficient (Wildman–Crippen LogP) is 4.72. The number of rotatable bonds is 5. The molecule has 3 amide bonds. The molecule has 5 rings (SSSR count). The molecule has 0 spiro atoms. The van der Waals surface area contributed by atoms with Crippen LogP contribution in [0.4, 0.5) is 10.5 Å². The van der Waals surface area contributed by atoms with Crippen LogP contribution < -0.4 is 15.5 Å². The number of hydrogen-bond donors (Lipinski definition) is 4. The van der Waals surface area contributed by atoms with Crippen molar-refractivity contribution in [1.29, 1.82) is 0 Å². The quantitative estimate of drug-likeness (QED) is 0.409. The number of benzene rings is 2. The Labute approximate surface area is 222 Å². The number of fused-ring (bicyclic) bond motifs is 1. The molecule has 1 aliphatic carbocycles. The van der Waals surface area contributed by atoms with E-state index in [1.54, 1.807) is 47.4 Å². The van der Waals surface area contributed by atoms with Crippen molar-refractivity contribution in [2.75, 3.05) is 11.4 Å². The Morgan fingerprint density at radius 3 is 2.41 bits per heavy atom. The molecule has 194 valence electrons. The number of carboxylic acids is 1. The molecule has 2 heterocycles. The van der Waals surface area contributed by atoms with Crippen LogP contribution in [0, 0.1) is 0 Å². The Balaban J connectivity index is 1.25. The zero-order valence-corrected chi connectivity index (χ0v) is 21.7. The third-order valence-corrected chi connectivity index (χ3v) is 9.54. The fourth-order valence-corrected chi connectivity index (χ4v) is 7.57. The van der Waals surface area contributed by atoms with Gasteiger partial charge in [0, 0.05) is 46.2 Å². The highest BCUT2D eigenvalue weighted by molar-refractivity contribution is 8.33. The van der Waals surface area contributed by atoms with Crippen LogP contribution in [0.5, 0.6) is 0 Å². The van der Waals surface area contributed by atoms with E-state index in [-0.39, 0.29) is 34.0 Å². The number of anilines is 1. The first-order valence-electron chi connectivity index (χ1n) is 12.4. The third kappa shape index (κ3) is 5.24. The first-order chi connectivity index (χ1) is 17.8. The van der Waals surface area contributed by atoms with Crippen LogP contribution in [0.25, 0.3) is 6.08 Å². The van der Waals surface area contributed by atoms with Crippen molar-refractivity contribution < 1.29 is 24.3 Å². The summed E-state index contributed by atoms with van der Waals surface area (Å²) in [6, 6.07) is 11.5. The standard InChI is InChI=1S/C27H28ClN3O5S/c28-18-10-7-17-14-23(26(34)35)37(22(17)15-18)27(36)30-21-5-3-4-20(21)29-25(33)16-8-11-19(12-9-16)31-13-2-1-6-24(31)32/h7-12,14-15,20-21,37H,1-6,13H2,(H,29,33)(H,30,36)(H,34,35). The number of thiol groups is 1. The van der Waals surface area contributed by atoms with Crippen LogP contribution in [0.1, 0.15) is 54.4 Å². The largest absolute Gasteiger partial charge is 0.477 e. The van der Waals surface area contributed by atoms with E-state index < -0.39 is 16.9 Å². The Morgan fingerprint density at radius 1 is 0.973 bits per heavy atom. The van der Waals surface area contributed by atoms with Gasteiger partial charge in [0.2, 0.25) is 5.91 Å². The number of nitrogens with one attached hydrogen (secondary N) is 2. The van der Waals surface area contributed by atoms with Crippen molar-refractivity contribution in [1.82, 2.24) is 10.6 Å². The van der Waals surface area contributed by atoms with E-state index in [4.69, 9.17) is 11.6 Å². The molecule has 37 heavy (non-hydrogen) atoms. The third-order valence-electron chi connectivity index (χ3n) is 7.09. The van der Waals surface area contributed by atoms with Gasteiger partial charge in [0.1, 0.15) is 0 Å². The fraction of sp³-hybridized carbons (Fsp3) is 0.333. The van der Waals surface area contributed by atoms with E-state index >= 15 is 0 Å². The van der Waals surface area contributed by atoms with Crippen LogP contribution >= 0.6 is 22.5 Å². The van der Waals surface area contributed by atoms with Crippen LogP contribution in [0.15, 0.2) is 52.3 Å². The highest BCUT2D eigenvalue weighted by Gasteiger charge is 2.36. The molecule has 1 saturated carbocycles. The molecule has 2 aliphatic heterocycles. The van der Waals surface area contributed by atoms with Crippen molar-refractivity contribution in [3.8, 4) is 0 Å². The minimum Gasteiger partial charge on any atom is -0.477 e. The summed E-state index contributed by atoms with van der Waals surface area (Å²) >= 11 is 6.13. The summed E-state index contributed by atoms with van der Waals surface area (Å²) in [6.45, 7) is 0.686. The highest BCUT2D eigenvalue weighted by atomic mass is 35.5. The second-order valence-electron chi connectivity index (χ2n) is 9.49. The smallest absolute Gasteiger partial charge is 0.341 e. The lowest BCUT2D eigenvalue weighted by molar-refractivity contribution is -0.131. The number of nitrogens with zero attached hydrogens (tertiary/aromatic N) is 1. The molecule has 3 N–H and O–H groups in total. The van der Waals surface area contributed by atoms with Gasteiger partial charge in [-0.15, -0.1) is 10.9 Å². The van der Waals surface area contributed by atoms with Crippen molar-refractivity contribution in [3.63, 3.8) is 0 Å². The first kappa shape index (κ1) is 25.4. The Bertz CT molecular complexity index is 1300. The van der Waals surface area contributed by atoms with Gasteiger partial charge in [0.25, 0.3) is 11.1 Å². The molecule has 10 heteroatoms. The Kier molecular flexibility index (Phi) is 7.26. The van der Waals surface area contributed by atoms with Crippen LogP contribution in [0.2, 0.25) is 5.02 Å². The van der Waals surface area contributed by atoms with Gasteiger partial charge < -0.3 is 20.6 Å². The molecular formula is C27H28ClN3O5S. The van der Waals surface area contributed by atoms with Gasteiger partial charge in [-0.05, 0) is 80.1 Å². The average Bonchev–Trinajstić information content (AvgIpc) is 3.48. The molecule has 2 aromatic rings.